The third-order valence-corrected chi connectivity index (χ3v) is 5.22. The fourth-order valence-electron chi connectivity index (χ4n) is 3.78. The van der Waals surface area contributed by atoms with E-state index in [1.165, 1.54) is 22.2 Å². The van der Waals surface area contributed by atoms with Crippen LogP contribution in [0.1, 0.15) is 23.7 Å². The first-order valence-corrected chi connectivity index (χ1v) is 9.33. The van der Waals surface area contributed by atoms with E-state index < -0.39 is 0 Å². The van der Waals surface area contributed by atoms with Crippen LogP contribution in [0.3, 0.4) is 0 Å². The molecule has 1 aliphatic rings. The first-order valence-electron chi connectivity index (χ1n) is 9.33. The standard InChI is InChI=1S/C22H24N2O2/c1-2-16-7-3-6-10-21(16)26-15-22(25)24-13-11-18-17-8-4-5-9-19(17)23-20(18)12-14-24/h3-10,23H,2,11-15H2,1H3. The molecule has 1 N–H and O–H groups in total. The van der Waals surface area contributed by atoms with Crippen LogP contribution in [0.15, 0.2) is 48.5 Å². The molecule has 4 nitrogen and oxygen atoms in total. The van der Waals surface area contributed by atoms with Crippen LogP contribution in [0.4, 0.5) is 0 Å². The van der Waals surface area contributed by atoms with Gasteiger partial charge in [-0.25, -0.2) is 0 Å². The van der Waals surface area contributed by atoms with Gasteiger partial charge in [-0.05, 0) is 36.1 Å². The minimum atomic E-state index is 0.0605. The number of carbonyl (C=O) groups is 1. The normalized spacial score (nSPS) is 14.1. The lowest BCUT2D eigenvalue weighted by Gasteiger charge is -2.21. The molecule has 0 atom stereocenters. The zero-order valence-corrected chi connectivity index (χ0v) is 15.1. The molecular formula is C22H24N2O2. The van der Waals surface area contributed by atoms with E-state index in [0.717, 1.165) is 43.7 Å². The quantitative estimate of drug-likeness (QED) is 0.781. The summed E-state index contributed by atoms with van der Waals surface area (Å²) in [6.45, 7) is 3.67. The molecule has 134 valence electrons. The van der Waals surface area contributed by atoms with Crippen LogP contribution in [0, 0.1) is 0 Å². The summed E-state index contributed by atoms with van der Waals surface area (Å²) in [5.41, 5.74) is 4.95. The second-order valence-electron chi connectivity index (χ2n) is 6.76. The Balaban J connectivity index is 1.42. The summed E-state index contributed by atoms with van der Waals surface area (Å²) in [6.07, 6.45) is 2.65. The molecule has 0 saturated carbocycles. The average Bonchev–Trinajstić information content (AvgIpc) is 2.90. The predicted molar refractivity (Wildman–Crippen MR) is 104 cm³/mol. The van der Waals surface area contributed by atoms with Crippen LogP contribution in [0.2, 0.25) is 0 Å². The van der Waals surface area contributed by atoms with Gasteiger partial charge in [-0.3, -0.25) is 4.79 Å². The second-order valence-corrected chi connectivity index (χ2v) is 6.76. The number of aryl methyl sites for hydroxylation is 1. The van der Waals surface area contributed by atoms with Gasteiger partial charge in [0, 0.05) is 36.1 Å². The van der Waals surface area contributed by atoms with Crippen molar-refractivity contribution in [1.82, 2.24) is 9.88 Å². The van der Waals surface area contributed by atoms with Crippen molar-refractivity contribution in [2.24, 2.45) is 0 Å². The summed E-state index contributed by atoms with van der Waals surface area (Å²) >= 11 is 0. The Hall–Kier alpha value is -2.75. The number of hydrogen-bond donors (Lipinski definition) is 1. The molecule has 0 fully saturated rings. The molecule has 4 heteroatoms. The number of rotatable bonds is 4. The Bertz CT molecular complexity index is 929. The molecule has 0 aliphatic carbocycles. The largest absolute Gasteiger partial charge is 0.483 e. The number of aromatic nitrogens is 1. The monoisotopic (exact) mass is 348 g/mol. The van der Waals surface area contributed by atoms with Crippen molar-refractivity contribution in [1.29, 1.82) is 0 Å². The van der Waals surface area contributed by atoms with Gasteiger partial charge < -0.3 is 14.6 Å². The minimum absolute atomic E-state index is 0.0605. The van der Waals surface area contributed by atoms with Gasteiger partial charge in [-0.2, -0.15) is 0 Å². The number of para-hydroxylation sites is 2. The van der Waals surface area contributed by atoms with Gasteiger partial charge >= 0.3 is 0 Å². The van der Waals surface area contributed by atoms with Crippen LogP contribution in [0.25, 0.3) is 10.9 Å². The topological polar surface area (TPSA) is 45.3 Å². The van der Waals surface area contributed by atoms with Crippen molar-refractivity contribution >= 4 is 16.8 Å². The molecule has 0 spiro atoms. The molecule has 0 unspecified atom stereocenters. The summed E-state index contributed by atoms with van der Waals surface area (Å²) < 4.78 is 5.81. The molecular weight excluding hydrogens is 324 g/mol. The van der Waals surface area contributed by atoms with E-state index in [4.69, 9.17) is 4.74 Å². The number of aromatic amines is 1. The average molecular weight is 348 g/mol. The van der Waals surface area contributed by atoms with E-state index in [9.17, 15) is 4.79 Å². The van der Waals surface area contributed by atoms with Crippen molar-refractivity contribution in [2.75, 3.05) is 19.7 Å². The number of hydrogen-bond acceptors (Lipinski definition) is 2. The number of fused-ring (bicyclic) bond motifs is 3. The van der Waals surface area contributed by atoms with Crippen molar-refractivity contribution in [2.45, 2.75) is 26.2 Å². The van der Waals surface area contributed by atoms with E-state index >= 15 is 0 Å². The Morgan fingerprint density at radius 2 is 1.85 bits per heavy atom. The Labute approximate surface area is 153 Å². The van der Waals surface area contributed by atoms with E-state index in [0.29, 0.717) is 0 Å². The molecule has 26 heavy (non-hydrogen) atoms. The fraction of sp³-hybridized carbons (Fsp3) is 0.318. The number of carbonyl (C=O) groups excluding carboxylic acids is 1. The van der Waals surface area contributed by atoms with Gasteiger partial charge in [-0.1, -0.05) is 43.3 Å². The van der Waals surface area contributed by atoms with Crippen molar-refractivity contribution in [3.63, 3.8) is 0 Å². The molecule has 2 aromatic carbocycles. The number of H-pyrrole nitrogens is 1. The second kappa shape index (κ2) is 7.24. The van der Waals surface area contributed by atoms with Crippen molar-refractivity contribution < 1.29 is 9.53 Å². The van der Waals surface area contributed by atoms with Crippen LogP contribution in [0.5, 0.6) is 5.75 Å². The lowest BCUT2D eigenvalue weighted by molar-refractivity contribution is -0.133. The van der Waals surface area contributed by atoms with Gasteiger partial charge in [0.1, 0.15) is 5.75 Å². The first kappa shape index (κ1) is 16.7. The van der Waals surface area contributed by atoms with E-state index in [1.54, 1.807) is 0 Å². The summed E-state index contributed by atoms with van der Waals surface area (Å²) in [6, 6.07) is 16.3. The molecule has 2 heterocycles. The molecule has 1 aromatic heterocycles. The highest BCUT2D eigenvalue weighted by Gasteiger charge is 2.21. The lowest BCUT2D eigenvalue weighted by Crippen LogP contribution is -2.36. The summed E-state index contributed by atoms with van der Waals surface area (Å²) in [7, 11) is 0. The highest BCUT2D eigenvalue weighted by Crippen LogP contribution is 2.25. The summed E-state index contributed by atoms with van der Waals surface area (Å²) in [5, 5.41) is 1.28. The number of nitrogens with zero attached hydrogens (tertiary/aromatic N) is 1. The van der Waals surface area contributed by atoms with Gasteiger partial charge in [-0.15, -0.1) is 0 Å². The van der Waals surface area contributed by atoms with Crippen LogP contribution >= 0.6 is 0 Å². The Morgan fingerprint density at radius 3 is 2.73 bits per heavy atom. The number of nitrogens with one attached hydrogen (secondary N) is 1. The molecule has 1 amide bonds. The van der Waals surface area contributed by atoms with Crippen molar-refractivity contribution in [3.05, 3.63) is 65.4 Å². The van der Waals surface area contributed by atoms with Crippen molar-refractivity contribution in [3.8, 4) is 5.75 Å². The van der Waals surface area contributed by atoms with Gasteiger partial charge in [0.05, 0.1) is 0 Å². The summed E-state index contributed by atoms with van der Waals surface area (Å²) in [4.78, 5) is 18.1. The highest BCUT2D eigenvalue weighted by atomic mass is 16.5. The smallest absolute Gasteiger partial charge is 0.260 e. The zero-order valence-electron chi connectivity index (χ0n) is 15.1. The van der Waals surface area contributed by atoms with E-state index in [-0.39, 0.29) is 12.5 Å². The van der Waals surface area contributed by atoms with Crippen LogP contribution < -0.4 is 4.74 Å². The minimum Gasteiger partial charge on any atom is -0.483 e. The number of benzene rings is 2. The molecule has 0 bridgehead atoms. The molecule has 3 aromatic rings. The fourth-order valence-corrected chi connectivity index (χ4v) is 3.78. The first-order chi connectivity index (χ1) is 12.8. The molecule has 0 radical (unpaired) electrons. The van der Waals surface area contributed by atoms with Gasteiger partial charge in [0.15, 0.2) is 6.61 Å². The van der Waals surface area contributed by atoms with Gasteiger partial charge in [0.2, 0.25) is 0 Å². The number of ether oxygens (including phenoxy) is 1. The van der Waals surface area contributed by atoms with E-state index in [2.05, 4.69) is 36.2 Å². The third kappa shape index (κ3) is 3.19. The van der Waals surface area contributed by atoms with E-state index in [1.807, 2.05) is 29.2 Å². The Kier molecular flexibility index (Phi) is 4.65. The maximum atomic E-state index is 12.7. The van der Waals surface area contributed by atoms with Gasteiger partial charge in [0.25, 0.3) is 5.91 Å². The maximum absolute atomic E-state index is 12.7. The molecule has 0 saturated heterocycles. The third-order valence-electron chi connectivity index (χ3n) is 5.22. The Morgan fingerprint density at radius 1 is 1.08 bits per heavy atom. The zero-order chi connectivity index (χ0) is 17.9. The summed E-state index contributed by atoms with van der Waals surface area (Å²) in [5.74, 6) is 0.875. The molecule has 4 rings (SSSR count). The molecule has 1 aliphatic heterocycles. The number of amides is 1. The predicted octanol–water partition coefficient (Wildman–Crippen LogP) is 3.74. The SMILES string of the molecule is CCc1ccccc1OCC(=O)N1CCc2[nH]c3ccccc3c2CC1. The highest BCUT2D eigenvalue weighted by molar-refractivity contribution is 5.85. The van der Waals surface area contributed by atoms with Crippen LogP contribution in [-0.2, 0) is 24.1 Å². The lowest BCUT2D eigenvalue weighted by atomic mass is 10.1. The maximum Gasteiger partial charge on any atom is 0.260 e. The van der Waals surface area contributed by atoms with Crippen LogP contribution in [-0.4, -0.2) is 35.5 Å².